The number of amides is 1. The topological polar surface area (TPSA) is 80.0 Å². The molecule has 188 valence electrons. The number of Topliss-reactive ketones (excluding diaryl/α,β-unsaturated/α-hetero) is 1. The van der Waals surface area contributed by atoms with Crippen LogP contribution in [0.2, 0.25) is 0 Å². The first kappa shape index (κ1) is 25.1. The molecule has 36 heavy (non-hydrogen) atoms. The van der Waals surface area contributed by atoms with E-state index in [4.69, 9.17) is 9.15 Å². The lowest BCUT2D eigenvalue weighted by Gasteiger charge is -2.24. The van der Waals surface area contributed by atoms with Crippen molar-refractivity contribution in [3.8, 4) is 5.75 Å². The molecule has 1 aromatic heterocycles. The van der Waals surface area contributed by atoms with Gasteiger partial charge in [-0.1, -0.05) is 12.1 Å². The highest BCUT2D eigenvalue weighted by Crippen LogP contribution is 2.41. The molecule has 0 spiro atoms. The molecule has 1 unspecified atom stereocenters. The zero-order valence-corrected chi connectivity index (χ0v) is 19.8. The second-order valence-electron chi connectivity index (χ2n) is 8.49. The smallest absolute Gasteiger partial charge is 0.416 e. The quantitative estimate of drug-likeness (QED) is 0.258. The number of carbonyl (C=O) groups is 2. The average molecular weight is 499 g/mol. The third-order valence-electron chi connectivity index (χ3n) is 5.93. The van der Waals surface area contributed by atoms with E-state index in [-0.39, 0.29) is 23.4 Å². The number of rotatable bonds is 6. The number of nitrogens with zero attached hydrogens (tertiary/aromatic N) is 1. The Morgan fingerprint density at radius 2 is 1.83 bits per heavy atom. The van der Waals surface area contributed by atoms with Crippen molar-refractivity contribution in [2.45, 2.75) is 39.5 Å². The number of alkyl halides is 3. The summed E-state index contributed by atoms with van der Waals surface area (Å²) >= 11 is 0. The van der Waals surface area contributed by atoms with Gasteiger partial charge in [0, 0.05) is 12.1 Å². The Balaban J connectivity index is 1.81. The average Bonchev–Trinajstić information content (AvgIpc) is 3.36. The third kappa shape index (κ3) is 4.73. The van der Waals surface area contributed by atoms with Crippen molar-refractivity contribution >= 4 is 17.4 Å². The number of likely N-dealkylation sites (tertiary alicyclic amines) is 1. The molecule has 9 heteroatoms. The van der Waals surface area contributed by atoms with Crippen molar-refractivity contribution in [2.75, 3.05) is 6.61 Å². The second kappa shape index (κ2) is 9.56. The van der Waals surface area contributed by atoms with Crippen LogP contribution in [0, 0.1) is 13.8 Å². The molecule has 0 saturated carbocycles. The van der Waals surface area contributed by atoms with E-state index < -0.39 is 35.2 Å². The molecule has 4 rings (SSSR count). The summed E-state index contributed by atoms with van der Waals surface area (Å²) in [6.07, 6.45) is -4.56. The molecule has 1 amide bonds. The standard InChI is InChI=1S/C27H24F3NO5/c1-4-35-20-11-9-18(12-15(20)2)24(32)22-23(21-10-8-16(3)36-21)31(26(34)25(22)33)14-17-6-5-7-19(13-17)27(28,29)30/h5-13,23,32H,4,14H2,1-3H3/b24-22-. The maximum Gasteiger partial charge on any atom is 0.416 e. The molecule has 6 nitrogen and oxygen atoms in total. The Hall–Kier alpha value is -4.01. The van der Waals surface area contributed by atoms with Gasteiger partial charge < -0.3 is 19.2 Å². The van der Waals surface area contributed by atoms with Gasteiger partial charge in [-0.2, -0.15) is 13.2 Å². The van der Waals surface area contributed by atoms with Crippen molar-refractivity contribution in [3.05, 3.63) is 93.9 Å². The predicted molar refractivity (Wildman–Crippen MR) is 125 cm³/mol. The number of ketones is 1. The van der Waals surface area contributed by atoms with Crippen molar-refractivity contribution < 1.29 is 37.0 Å². The van der Waals surface area contributed by atoms with Crippen LogP contribution in [0.25, 0.3) is 5.76 Å². The number of benzene rings is 2. The van der Waals surface area contributed by atoms with Gasteiger partial charge in [-0.15, -0.1) is 0 Å². The Bertz CT molecular complexity index is 1360. The molecule has 0 bridgehead atoms. The Kier molecular flexibility index (Phi) is 6.67. The van der Waals surface area contributed by atoms with Crippen molar-refractivity contribution in [3.63, 3.8) is 0 Å². The fraction of sp³-hybridized carbons (Fsp3) is 0.259. The van der Waals surface area contributed by atoms with Crippen molar-refractivity contribution in [1.29, 1.82) is 0 Å². The SMILES string of the molecule is CCOc1ccc(/C(O)=C2/C(=O)C(=O)N(Cc3cccc(C(F)(F)F)c3)C2c2ccc(C)o2)cc1C. The minimum atomic E-state index is -4.56. The van der Waals surface area contributed by atoms with E-state index in [2.05, 4.69) is 0 Å². The number of hydrogen-bond donors (Lipinski definition) is 1. The summed E-state index contributed by atoms with van der Waals surface area (Å²) in [5, 5.41) is 11.2. The van der Waals surface area contributed by atoms with Crippen LogP contribution in [0.3, 0.4) is 0 Å². The lowest BCUT2D eigenvalue weighted by atomic mass is 9.98. The molecule has 1 aliphatic heterocycles. The minimum absolute atomic E-state index is 0.178. The van der Waals surface area contributed by atoms with Gasteiger partial charge in [-0.3, -0.25) is 9.59 Å². The van der Waals surface area contributed by atoms with Crippen LogP contribution < -0.4 is 4.74 Å². The zero-order chi connectivity index (χ0) is 26.2. The largest absolute Gasteiger partial charge is 0.507 e. The molecular formula is C27H24F3NO5. The van der Waals surface area contributed by atoms with Crippen LogP contribution in [0.5, 0.6) is 5.75 Å². The Morgan fingerprint density at radius 3 is 2.44 bits per heavy atom. The maximum absolute atomic E-state index is 13.2. The monoisotopic (exact) mass is 499 g/mol. The summed E-state index contributed by atoms with van der Waals surface area (Å²) in [5.41, 5.74) is 0.111. The molecule has 1 atom stereocenters. The number of hydrogen-bond acceptors (Lipinski definition) is 5. The zero-order valence-electron chi connectivity index (χ0n) is 19.8. The number of aliphatic hydroxyl groups is 1. The molecule has 2 aromatic carbocycles. The van der Waals surface area contributed by atoms with E-state index in [1.54, 1.807) is 44.2 Å². The van der Waals surface area contributed by atoms with Gasteiger partial charge in [0.2, 0.25) is 0 Å². The first-order chi connectivity index (χ1) is 17.0. The summed E-state index contributed by atoms with van der Waals surface area (Å²) in [6, 6.07) is 11.5. The lowest BCUT2D eigenvalue weighted by Crippen LogP contribution is -2.29. The van der Waals surface area contributed by atoms with Gasteiger partial charge >= 0.3 is 6.18 Å². The molecule has 1 N–H and O–H groups in total. The molecule has 0 aliphatic carbocycles. The van der Waals surface area contributed by atoms with Crippen molar-refractivity contribution in [1.82, 2.24) is 4.90 Å². The normalized spacial score (nSPS) is 17.6. The highest BCUT2D eigenvalue weighted by Gasteiger charge is 2.47. The number of furan rings is 1. The van der Waals surface area contributed by atoms with E-state index in [9.17, 15) is 27.9 Å². The first-order valence-electron chi connectivity index (χ1n) is 11.3. The van der Waals surface area contributed by atoms with E-state index in [1.165, 1.54) is 12.1 Å². The predicted octanol–water partition coefficient (Wildman–Crippen LogP) is 5.94. The van der Waals surface area contributed by atoms with E-state index in [1.807, 2.05) is 6.92 Å². The summed E-state index contributed by atoms with van der Waals surface area (Å²) < 4.78 is 50.9. The lowest BCUT2D eigenvalue weighted by molar-refractivity contribution is -0.140. The van der Waals surface area contributed by atoms with Crippen LogP contribution in [-0.2, 0) is 22.3 Å². The first-order valence-corrected chi connectivity index (χ1v) is 11.3. The van der Waals surface area contributed by atoms with E-state index in [0.717, 1.165) is 17.0 Å². The number of ether oxygens (including phenoxy) is 1. The minimum Gasteiger partial charge on any atom is -0.507 e. The van der Waals surface area contributed by atoms with Gasteiger partial charge in [-0.05, 0) is 74.4 Å². The number of halogens is 3. The summed E-state index contributed by atoms with van der Waals surface area (Å²) in [7, 11) is 0. The van der Waals surface area contributed by atoms with Crippen molar-refractivity contribution in [2.24, 2.45) is 0 Å². The molecule has 2 heterocycles. The van der Waals surface area contributed by atoms with E-state index >= 15 is 0 Å². The molecule has 1 aliphatic rings. The van der Waals surface area contributed by atoms with Crippen LogP contribution in [0.15, 0.2) is 64.6 Å². The molecule has 1 fully saturated rings. The highest BCUT2D eigenvalue weighted by atomic mass is 19.4. The van der Waals surface area contributed by atoms with Crippen LogP contribution in [-0.4, -0.2) is 28.3 Å². The summed E-state index contributed by atoms with van der Waals surface area (Å²) in [5.74, 6) is -0.988. The Morgan fingerprint density at radius 1 is 1.08 bits per heavy atom. The second-order valence-corrected chi connectivity index (χ2v) is 8.49. The van der Waals surface area contributed by atoms with E-state index in [0.29, 0.717) is 29.2 Å². The highest BCUT2D eigenvalue weighted by molar-refractivity contribution is 6.46. The van der Waals surface area contributed by atoms with Gasteiger partial charge in [0.25, 0.3) is 11.7 Å². The van der Waals surface area contributed by atoms with Crippen LogP contribution in [0.1, 0.15) is 46.7 Å². The number of aliphatic hydroxyl groups excluding tert-OH is 1. The van der Waals surface area contributed by atoms with Gasteiger partial charge in [0.1, 0.15) is 29.1 Å². The van der Waals surface area contributed by atoms with Crippen LogP contribution >= 0.6 is 0 Å². The summed E-state index contributed by atoms with van der Waals surface area (Å²) in [6.45, 7) is 5.45. The molecule has 3 aromatic rings. The molecular weight excluding hydrogens is 475 g/mol. The van der Waals surface area contributed by atoms with Gasteiger partial charge in [0.15, 0.2) is 0 Å². The molecule has 0 radical (unpaired) electrons. The number of aryl methyl sites for hydroxylation is 2. The van der Waals surface area contributed by atoms with Gasteiger partial charge in [-0.25, -0.2) is 0 Å². The fourth-order valence-electron chi connectivity index (χ4n) is 4.25. The third-order valence-corrected chi connectivity index (χ3v) is 5.93. The maximum atomic E-state index is 13.2. The Labute approximate surface area is 205 Å². The van der Waals surface area contributed by atoms with Crippen LogP contribution in [0.4, 0.5) is 13.2 Å². The summed E-state index contributed by atoms with van der Waals surface area (Å²) in [4.78, 5) is 27.3. The fourth-order valence-corrected chi connectivity index (χ4v) is 4.25. The molecule has 1 saturated heterocycles. The number of carbonyl (C=O) groups excluding carboxylic acids is 2. The van der Waals surface area contributed by atoms with Gasteiger partial charge in [0.05, 0.1) is 17.7 Å².